The molecule has 0 saturated heterocycles. The zero-order valence-electron chi connectivity index (χ0n) is 12.4. The van der Waals surface area contributed by atoms with E-state index in [2.05, 4.69) is 32.2 Å². The van der Waals surface area contributed by atoms with Gasteiger partial charge in [-0.25, -0.2) is 0 Å². The van der Waals surface area contributed by atoms with Gasteiger partial charge >= 0.3 is 0 Å². The molecule has 0 aliphatic heterocycles. The first-order valence-corrected chi connectivity index (χ1v) is 6.47. The summed E-state index contributed by atoms with van der Waals surface area (Å²) in [6.45, 7) is 8.36. The van der Waals surface area contributed by atoms with Crippen molar-refractivity contribution in [3.63, 3.8) is 0 Å². The quantitative estimate of drug-likeness (QED) is 0.875. The largest absolute Gasteiger partial charge is 0.496 e. The number of amides is 1. The average molecular weight is 264 g/mol. The molecule has 106 valence electrons. The van der Waals surface area contributed by atoms with Crippen molar-refractivity contribution in [3.8, 4) is 5.75 Å². The summed E-state index contributed by atoms with van der Waals surface area (Å²) in [5.74, 6) is 0.717. The van der Waals surface area contributed by atoms with E-state index in [1.807, 2.05) is 19.1 Å². The number of hydrogen-bond acceptors (Lipinski definition) is 3. The summed E-state index contributed by atoms with van der Waals surface area (Å²) >= 11 is 0. The molecular formula is C15H24N2O2. The number of carbonyl (C=O) groups is 1. The van der Waals surface area contributed by atoms with Crippen molar-refractivity contribution in [1.29, 1.82) is 0 Å². The van der Waals surface area contributed by atoms with E-state index in [9.17, 15) is 4.79 Å². The number of nitrogens with one attached hydrogen (secondary N) is 1. The van der Waals surface area contributed by atoms with Gasteiger partial charge < -0.3 is 15.8 Å². The Morgan fingerprint density at radius 3 is 2.53 bits per heavy atom. The Morgan fingerprint density at radius 1 is 1.42 bits per heavy atom. The van der Waals surface area contributed by atoms with E-state index in [0.29, 0.717) is 0 Å². The highest BCUT2D eigenvalue weighted by Gasteiger charge is 2.20. The highest BCUT2D eigenvalue weighted by Crippen LogP contribution is 2.33. The first-order chi connectivity index (χ1) is 8.79. The molecule has 1 rings (SSSR count). The lowest BCUT2D eigenvalue weighted by atomic mass is 9.84. The van der Waals surface area contributed by atoms with Crippen LogP contribution in [0.2, 0.25) is 0 Å². The Hall–Kier alpha value is -1.55. The molecule has 1 amide bonds. The van der Waals surface area contributed by atoms with Gasteiger partial charge in [0, 0.05) is 0 Å². The Balaban J connectivity index is 3.08. The van der Waals surface area contributed by atoms with Gasteiger partial charge in [0.05, 0.1) is 19.7 Å². The summed E-state index contributed by atoms with van der Waals surface area (Å²) in [4.78, 5) is 11.3. The van der Waals surface area contributed by atoms with Crippen molar-refractivity contribution >= 4 is 5.91 Å². The molecule has 1 aromatic carbocycles. The molecule has 0 aliphatic rings. The highest BCUT2D eigenvalue weighted by atomic mass is 16.5. The summed E-state index contributed by atoms with van der Waals surface area (Å²) < 4.78 is 5.40. The predicted octanol–water partition coefficient (Wildman–Crippen LogP) is 2.13. The van der Waals surface area contributed by atoms with Crippen LogP contribution in [0, 0.1) is 0 Å². The molecule has 0 bridgehead atoms. The molecule has 0 spiro atoms. The van der Waals surface area contributed by atoms with E-state index in [1.54, 1.807) is 7.11 Å². The van der Waals surface area contributed by atoms with Crippen LogP contribution in [0.25, 0.3) is 0 Å². The molecule has 1 unspecified atom stereocenters. The minimum absolute atomic E-state index is 0.00657. The third kappa shape index (κ3) is 3.96. The SMILES string of the molecule is COc1ccc(C(C)NC(=O)CN)cc1C(C)(C)C. The molecule has 4 heteroatoms. The fraction of sp³-hybridized carbons (Fsp3) is 0.533. The van der Waals surface area contributed by atoms with Crippen LogP contribution < -0.4 is 15.8 Å². The lowest BCUT2D eigenvalue weighted by Crippen LogP contribution is -2.32. The molecule has 1 aromatic rings. The van der Waals surface area contributed by atoms with Crippen molar-refractivity contribution in [2.45, 2.75) is 39.2 Å². The smallest absolute Gasteiger partial charge is 0.234 e. The first-order valence-electron chi connectivity index (χ1n) is 6.47. The number of benzene rings is 1. The van der Waals surface area contributed by atoms with Crippen LogP contribution in [0.15, 0.2) is 18.2 Å². The van der Waals surface area contributed by atoms with Crippen LogP contribution in [-0.4, -0.2) is 19.6 Å². The Bertz CT molecular complexity index is 450. The molecule has 4 nitrogen and oxygen atoms in total. The average Bonchev–Trinajstić information content (AvgIpc) is 2.36. The number of carbonyl (C=O) groups excluding carboxylic acids is 1. The van der Waals surface area contributed by atoms with E-state index in [1.165, 1.54) is 0 Å². The van der Waals surface area contributed by atoms with E-state index in [-0.39, 0.29) is 23.9 Å². The minimum Gasteiger partial charge on any atom is -0.496 e. The molecule has 19 heavy (non-hydrogen) atoms. The summed E-state index contributed by atoms with van der Waals surface area (Å²) in [5.41, 5.74) is 7.47. The topological polar surface area (TPSA) is 64.3 Å². The van der Waals surface area contributed by atoms with E-state index in [0.717, 1.165) is 16.9 Å². The summed E-state index contributed by atoms with van der Waals surface area (Å²) in [6.07, 6.45) is 0. The number of methoxy groups -OCH3 is 1. The molecule has 0 heterocycles. The van der Waals surface area contributed by atoms with Crippen molar-refractivity contribution < 1.29 is 9.53 Å². The van der Waals surface area contributed by atoms with Gasteiger partial charge in [-0.3, -0.25) is 4.79 Å². The zero-order valence-corrected chi connectivity index (χ0v) is 12.4. The summed E-state index contributed by atoms with van der Waals surface area (Å²) in [7, 11) is 1.67. The monoisotopic (exact) mass is 264 g/mol. The Kier molecular flexibility index (Phi) is 4.95. The predicted molar refractivity (Wildman–Crippen MR) is 77.3 cm³/mol. The van der Waals surface area contributed by atoms with Crippen LogP contribution in [0.1, 0.15) is 44.9 Å². The van der Waals surface area contributed by atoms with Gasteiger partial charge in [-0.2, -0.15) is 0 Å². The zero-order chi connectivity index (χ0) is 14.6. The van der Waals surface area contributed by atoms with Gasteiger partial charge in [0.2, 0.25) is 5.91 Å². The molecule has 0 radical (unpaired) electrons. The number of nitrogens with two attached hydrogens (primary N) is 1. The molecule has 0 fully saturated rings. The molecule has 0 aromatic heterocycles. The van der Waals surface area contributed by atoms with Gasteiger partial charge in [0.15, 0.2) is 0 Å². The summed E-state index contributed by atoms with van der Waals surface area (Å²) in [5, 5.41) is 2.86. The third-order valence-electron chi connectivity index (χ3n) is 3.09. The van der Waals surface area contributed by atoms with Crippen LogP contribution >= 0.6 is 0 Å². The molecule has 3 N–H and O–H groups in total. The molecule has 0 saturated carbocycles. The number of ether oxygens (including phenoxy) is 1. The highest BCUT2D eigenvalue weighted by molar-refractivity contribution is 5.78. The first kappa shape index (κ1) is 15.5. The number of hydrogen-bond donors (Lipinski definition) is 2. The van der Waals surface area contributed by atoms with Crippen molar-refractivity contribution in [1.82, 2.24) is 5.32 Å². The van der Waals surface area contributed by atoms with Gasteiger partial charge in [-0.15, -0.1) is 0 Å². The maximum atomic E-state index is 11.3. The lowest BCUT2D eigenvalue weighted by molar-refractivity contribution is -0.120. The minimum atomic E-state index is -0.152. The fourth-order valence-corrected chi connectivity index (χ4v) is 1.96. The van der Waals surface area contributed by atoms with Crippen LogP contribution in [0.3, 0.4) is 0 Å². The number of rotatable bonds is 4. The van der Waals surface area contributed by atoms with E-state index >= 15 is 0 Å². The van der Waals surface area contributed by atoms with Crippen LogP contribution in [0.5, 0.6) is 5.75 Å². The lowest BCUT2D eigenvalue weighted by Gasteiger charge is -2.24. The van der Waals surface area contributed by atoms with Gasteiger partial charge in [0.1, 0.15) is 5.75 Å². The van der Waals surface area contributed by atoms with E-state index < -0.39 is 0 Å². The maximum Gasteiger partial charge on any atom is 0.234 e. The third-order valence-corrected chi connectivity index (χ3v) is 3.09. The van der Waals surface area contributed by atoms with Crippen LogP contribution in [0.4, 0.5) is 0 Å². The molecule has 1 atom stereocenters. The van der Waals surface area contributed by atoms with Crippen molar-refractivity contribution in [3.05, 3.63) is 29.3 Å². The normalized spacial score (nSPS) is 12.9. The molecule has 0 aliphatic carbocycles. The second kappa shape index (κ2) is 6.06. The van der Waals surface area contributed by atoms with E-state index in [4.69, 9.17) is 10.5 Å². The van der Waals surface area contributed by atoms with Gasteiger partial charge in [-0.1, -0.05) is 26.8 Å². The van der Waals surface area contributed by atoms with Crippen molar-refractivity contribution in [2.75, 3.05) is 13.7 Å². The standard InChI is InChI=1S/C15H24N2O2/c1-10(17-14(18)9-16)11-6-7-13(19-5)12(8-11)15(2,3)4/h6-8,10H,9,16H2,1-5H3,(H,17,18). The summed E-state index contributed by atoms with van der Waals surface area (Å²) in [6, 6.07) is 5.93. The van der Waals surface area contributed by atoms with Gasteiger partial charge in [-0.05, 0) is 35.6 Å². The van der Waals surface area contributed by atoms with Crippen LogP contribution in [-0.2, 0) is 10.2 Å². The second-order valence-electron chi connectivity index (χ2n) is 5.70. The Labute approximate surface area is 115 Å². The maximum absolute atomic E-state index is 11.3. The van der Waals surface area contributed by atoms with Gasteiger partial charge in [0.25, 0.3) is 0 Å². The Morgan fingerprint density at radius 2 is 2.05 bits per heavy atom. The fourth-order valence-electron chi connectivity index (χ4n) is 1.96. The molecular weight excluding hydrogens is 240 g/mol. The van der Waals surface area contributed by atoms with Crippen molar-refractivity contribution in [2.24, 2.45) is 5.73 Å². The second-order valence-corrected chi connectivity index (χ2v) is 5.70.